The van der Waals surface area contributed by atoms with Gasteiger partial charge in [-0.25, -0.2) is 17.6 Å². The number of phenols is 1. The van der Waals surface area contributed by atoms with Crippen molar-refractivity contribution < 1.29 is 42.1 Å². The van der Waals surface area contributed by atoms with E-state index in [2.05, 4.69) is 0 Å². The molecule has 0 amide bonds. The van der Waals surface area contributed by atoms with E-state index in [9.17, 15) is 27.2 Å². The molecule has 0 bridgehead atoms. The summed E-state index contributed by atoms with van der Waals surface area (Å²) >= 11 is 11.1. The summed E-state index contributed by atoms with van der Waals surface area (Å²) in [5, 5.41) is 16.6. The van der Waals surface area contributed by atoms with E-state index in [4.69, 9.17) is 38.2 Å². The van der Waals surface area contributed by atoms with Crippen molar-refractivity contribution >= 4 is 35.8 Å². The number of benzene rings is 2. The number of aliphatic hydroxyl groups is 1. The van der Waals surface area contributed by atoms with Gasteiger partial charge in [-0.1, -0.05) is 23.2 Å². The van der Waals surface area contributed by atoms with Crippen molar-refractivity contribution in [1.82, 2.24) is 0 Å². The fourth-order valence-electron chi connectivity index (χ4n) is 1.46. The Bertz CT molecular complexity index is 776. The molecule has 0 atom stereocenters. The lowest BCUT2D eigenvalue weighted by molar-refractivity contribution is 0.0700. The maximum absolute atomic E-state index is 11.8. The van der Waals surface area contributed by atoms with Crippen LogP contribution in [0.5, 0.6) is 11.5 Å². The molecule has 29 heavy (non-hydrogen) atoms. The van der Waals surface area contributed by atoms with Crippen LogP contribution >= 0.6 is 23.2 Å². The lowest BCUT2D eigenvalue weighted by Gasteiger charge is -2.06. The van der Waals surface area contributed by atoms with Crippen LogP contribution in [0.4, 0.5) is 17.6 Å². The van der Waals surface area contributed by atoms with Gasteiger partial charge in [-0.2, -0.15) is 0 Å². The van der Waals surface area contributed by atoms with Crippen LogP contribution in [0.15, 0.2) is 36.4 Å². The first-order valence-corrected chi connectivity index (χ1v) is 8.38. The Kier molecular flexibility index (Phi) is 13.4. The van der Waals surface area contributed by atoms with Gasteiger partial charge < -0.3 is 14.9 Å². The fraction of sp³-hybridized carbons (Fsp3) is 0.222. The van der Waals surface area contributed by atoms with E-state index in [1.54, 1.807) is 0 Å². The number of hydrogen-bond acceptors (Lipinski definition) is 5. The summed E-state index contributed by atoms with van der Waals surface area (Å²) in [7, 11) is 0. The third kappa shape index (κ3) is 11.9. The Morgan fingerprint density at radius 1 is 0.897 bits per heavy atom. The average Bonchev–Trinajstić information content (AvgIpc) is 2.69. The number of aromatic hydroxyl groups is 1. The maximum Gasteiger partial charge on any atom is 0.272 e. The summed E-state index contributed by atoms with van der Waals surface area (Å²) in [6, 6.07) is 8.47. The summed E-state index contributed by atoms with van der Waals surface area (Å²) in [5.74, 6) is 0.143. The standard InChI is InChI=1S/C9H7ClF2O2.C7H5ClO2.C2H4F2O/c10-7-3-6(4-13)1-2-8(7)14-5-9(11)12;8-6-3-5(4-9)1-2-7(6)10;3-2(4)1-5/h1-4,9H,5H2;1-4,10H;2,5H,1H2. The molecule has 0 unspecified atom stereocenters. The highest BCUT2D eigenvalue weighted by Crippen LogP contribution is 2.25. The number of aldehydes is 2. The van der Waals surface area contributed by atoms with Gasteiger partial charge >= 0.3 is 0 Å². The minimum absolute atomic E-state index is 0.00716. The van der Waals surface area contributed by atoms with Crippen LogP contribution in [0.1, 0.15) is 20.7 Å². The molecule has 160 valence electrons. The molecular formula is C18H16Cl2F4O5. The van der Waals surface area contributed by atoms with Gasteiger partial charge in [0.05, 0.1) is 10.0 Å². The van der Waals surface area contributed by atoms with E-state index in [0.29, 0.717) is 23.7 Å². The smallest absolute Gasteiger partial charge is 0.272 e. The lowest BCUT2D eigenvalue weighted by atomic mass is 10.2. The van der Waals surface area contributed by atoms with E-state index in [1.165, 1.54) is 36.4 Å². The van der Waals surface area contributed by atoms with Gasteiger partial charge in [0, 0.05) is 11.1 Å². The maximum atomic E-state index is 11.8. The van der Waals surface area contributed by atoms with Crippen LogP contribution in [0, 0.1) is 0 Å². The Morgan fingerprint density at radius 2 is 1.38 bits per heavy atom. The van der Waals surface area contributed by atoms with Crippen molar-refractivity contribution in [2.24, 2.45) is 0 Å². The average molecular weight is 459 g/mol. The Labute approximate surface area is 173 Å². The van der Waals surface area contributed by atoms with E-state index in [1.807, 2.05) is 0 Å². The molecule has 0 heterocycles. The van der Waals surface area contributed by atoms with Crippen molar-refractivity contribution in [1.29, 1.82) is 0 Å². The van der Waals surface area contributed by atoms with Crippen molar-refractivity contribution in [2.45, 2.75) is 12.9 Å². The van der Waals surface area contributed by atoms with Gasteiger partial charge in [-0.05, 0) is 36.4 Å². The molecule has 2 N–H and O–H groups in total. The SMILES string of the molecule is O=Cc1ccc(O)c(Cl)c1.O=Cc1ccc(OCC(F)F)c(Cl)c1.OCC(F)F. The van der Waals surface area contributed by atoms with Gasteiger partial charge in [0.1, 0.15) is 37.3 Å². The third-order valence-electron chi connectivity index (χ3n) is 2.70. The monoisotopic (exact) mass is 458 g/mol. The minimum atomic E-state index is -2.56. The topological polar surface area (TPSA) is 83.8 Å². The first kappa shape index (κ1) is 26.6. The number of phenolic OH excluding ortho intramolecular Hbond substituents is 1. The number of carbonyl (C=O) groups is 2. The van der Waals surface area contributed by atoms with Crippen LogP contribution in [0.3, 0.4) is 0 Å². The zero-order chi connectivity index (χ0) is 22.4. The van der Waals surface area contributed by atoms with Crippen molar-refractivity contribution in [3.8, 4) is 11.5 Å². The number of aliphatic hydroxyl groups excluding tert-OH is 1. The van der Waals surface area contributed by atoms with Crippen LogP contribution in [0.25, 0.3) is 0 Å². The van der Waals surface area contributed by atoms with Crippen molar-refractivity contribution in [3.05, 3.63) is 57.6 Å². The van der Waals surface area contributed by atoms with Crippen LogP contribution < -0.4 is 4.74 Å². The Hall–Kier alpha value is -2.36. The van der Waals surface area contributed by atoms with Crippen LogP contribution in [-0.2, 0) is 0 Å². The second kappa shape index (κ2) is 14.6. The van der Waals surface area contributed by atoms with Crippen molar-refractivity contribution in [3.63, 3.8) is 0 Å². The largest absolute Gasteiger partial charge is 0.506 e. The summed E-state index contributed by atoms with van der Waals surface area (Å²) in [4.78, 5) is 20.4. The first-order chi connectivity index (χ1) is 13.6. The zero-order valence-corrected chi connectivity index (χ0v) is 16.1. The highest BCUT2D eigenvalue weighted by molar-refractivity contribution is 6.32. The molecule has 2 aromatic rings. The molecule has 0 saturated heterocycles. The molecule has 11 heteroatoms. The molecule has 0 spiro atoms. The van der Waals surface area contributed by atoms with Crippen LogP contribution in [-0.4, -0.2) is 48.9 Å². The third-order valence-corrected chi connectivity index (χ3v) is 3.30. The number of halogens is 6. The lowest BCUT2D eigenvalue weighted by Crippen LogP contribution is -2.07. The normalized spacial score (nSPS) is 9.83. The number of carbonyl (C=O) groups excluding carboxylic acids is 2. The summed E-state index contributed by atoms with van der Waals surface area (Å²) in [6.45, 7) is -1.74. The highest BCUT2D eigenvalue weighted by atomic mass is 35.5. The molecular weight excluding hydrogens is 443 g/mol. The quantitative estimate of drug-likeness (QED) is 0.475. The Balaban J connectivity index is 0.000000455. The van der Waals surface area contributed by atoms with Gasteiger partial charge in [-0.15, -0.1) is 0 Å². The molecule has 0 radical (unpaired) electrons. The van der Waals surface area contributed by atoms with Gasteiger partial charge in [0.25, 0.3) is 12.9 Å². The predicted octanol–water partition coefficient (Wildman–Crippen LogP) is 4.90. The minimum Gasteiger partial charge on any atom is -0.506 e. The first-order valence-electron chi connectivity index (χ1n) is 7.62. The summed E-state index contributed by atoms with van der Waals surface area (Å²) < 4.78 is 49.3. The van der Waals surface area contributed by atoms with Gasteiger partial charge in [0.15, 0.2) is 0 Å². The molecule has 2 rings (SSSR count). The molecule has 2 aromatic carbocycles. The second-order valence-electron chi connectivity index (χ2n) is 4.91. The molecule has 0 aliphatic carbocycles. The zero-order valence-electron chi connectivity index (χ0n) is 14.6. The Morgan fingerprint density at radius 3 is 1.76 bits per heavy atom. The van der Waals surface area contributed by atoms with Crippen LogP contribution in [0.2, 0.25) is 10.0 Å². The molecule has 0 saturated carbocycles. The molecule has 0 aromatic heterocycles. The van der Waals surface area contributed by atoms with E-state index >= 15 is 0 Å². The number of alkyl halides is 4. The van der Waals surface area contributed by atoms with Crippen molar-refractivity contribution in [2.75, 3.05) is 13.2 Å². The second-order valence-corrected chi connectivity index (χ2v) is 5.73. The molecule has 5 nitrogen and oxygen atoms in total. The number of rotatable bonds is 6. The number of ether oxygens (including phenoxy) is 1. The number of hydrogen-bond donors (Lipinski definition) is 2. The van der Waals surface area contributed by atoms with Gasteiger partial charge in [0.2, 0.25) is 0 Å². The molecule has 0 aliphatic rings. The molecule has 0 aliphatic heterocycles. The van der Waals surface area contributed by atoms with E-state index in [0.717, 1.165) is 0 Å². The summed E-state index contributed by atoms with van der Waals surface area (Å²) in [5.41, 5.74) is 0.835. The summed E-state index contributed by atoms with van der Waals surface area (Å²) in [6.07, 6.45) is -3.82. The molecule has 0 fully saturated rings. The van der Waals surface area contributed by atoms with E-state index in [-0.39, 0.29) is 21.5 Å². The highest BCUT2D eigenvalue weighted by Gasteiger charge is 2.07. The predicted molar refractivity (Wildman–Crippen MR) is 99.9 cm³/mol. The fourth-order valence-corrected chi connectivity index (χ4v) is 1.89. The van der Waals surface area contributed by atoms with Gasteiger partial charge in [-0.3, -0.25) is 9.59 Å². The van der Waals surface area contributed by atoms with E-state index < -0.39 is 26.1 Å².